The SMILES string of the molecule is Cc1cc(C)n(C(c2ccccc2)C(c2ccccc2)P(=O)(c2ccccc2)c2ccccc2)n1. The molecule has 2 atom stereocenters. The van der Waals surface area contributed by atoms with Crippen LogP contribution in [0.5, 0.6) is 0 Å². The molecule has 1 aromatic heterocycles. The third-order valence-electron chi connectivity index (χ3n) is 6.56. The van der Waals surface area contributed by atoms with Crippen molar-refractivity contribution in [3.8, 4) is 0 Å². The highest BCUT2D eigenvalue weighted by Crippen LogP contribution is 2.62. The fraction of sp³-hybridized carbons (Fsp3) is 0.129. The standard InChI is InChI=1S/C31H29N2OP/c1-24-23-25(2)33(32-24)30(26-15-7-3-8-16-26)31(27-17-9-4-10-18-27)35(34,28-19-11-5-12-20-28)29-21-13-6-14-22-29/h3-23,30-31H,1-2H3. The maximum absolute atomic E-state index is 15.8. The van der Waals surface area contributed by atoms with Crippen LogP contribution >= 0.6 is 7.14 Å². The number of nitrogens with zero attached hydrogens (tertiary/aromatic N) is 2. The van der Waals surface area contributed by atoms with E-state index in [4.69, 9.17) is 5.10 Å². The number of aromatic nitrogens is 2. The van der Waals surface area contributed by atoms with Gasteiger partial charge < -0.3 is 4.57 Å². The summed E-state index contributed by atoms with van der Waals surface area (Å²) in [6.07, 6.45) is 0. The molecule has 5 aromatic rings. The van der Waals surface area contributed by atoms with Crippen molar-refractivity contribution in [3.63, 3.8) is 0 Å². The summed E-state index contributed by atoms with van der Waals surface area (Å²) < 4.78 is 17.9. The van der Waals surface area contributed by atoms with E-state index in [1.807, 2.05) is 104 Å². The Labute approximate surface area is 207 Å². The average Bonchev–Trinajstić information content (AvgIpc) is 3.25. The van der Waals surface area contributed by atoms with Crippen molar-refractivity contribution in [2.45, 2.75) is 25.5 Å². The molecule has 0 aliphatic rings. The van der Waals surface area contributed by atoms with Crippen molar-refractivity contribution < 1.29 is 4.57 Å². The lowest BCUT2D eigenvalue weighted by molar-refractivity contribution is 0.478. The fourth-order valence-corrected chi connectivity index (χ4v) is 8.50. The summed E-state index contributed by atoms with van der Waals surface area (Å²) in [6.45, 7) is 4.09. The summed E-state index contributed by atoms with van der Waals surface area (Å²) in [4.78, 5) is 0. The van der Waals surface area contributed by atoms with Crippen LogP contribution < -0.4 is 10.6 Å². The maximum Gasteiger partial charge on any atom is 0.152 e. The quantitative estimate of drug-likeness (QED) is 0.241. The molecule has 0 N–H and O–H groups in total. The van der Waals surface area contributed by atoms with Crippen molar-refractivity contribution in [1.29, 1.82) is 0 Å². The minimum Gasteiger partial charge on any atom is -0.313 e. The molecule has 4 aromatic carbocycles. The van der Waals surface area contributed by atoms with Gasteiger partial charge in [-0.05, 0) is 31.0 Å². The van der Waals surface area contributed by atoms with Gasteiger partial charge in [0, 0.05) is 16.3 Å². The van der Waals surface area contributed by atoms with Crippen molar-refractivity contribution >= 4 is 17.8 Å². The predicted molar refractivity (Wildman–Crippen MR) is 145 cm³/mol. The first-order chi connectivity index (χ1) is 17.1. The van der Waals surface area contributed by atoms with Crippen LogP contribution in [-0.2, 0) is 4.57 Å². The lowest BCUT2D eigenvalue weighted by atomic mass is 9.98. The summed E-state index contributed by atoms with van der Waals surface area (Å²) in [5.41, 5.74) is 3.74. The third-order valence-corrected chi connectivity index (χ3v) is 10.1. The second-order valence-electron chi connectivity index (χ2n) is 8.91. The molecule has 1 heterocycles. The number of rotatable bonds is 7. The van der Waals surface area contributed by atoms with E-state index in [0.29, 0.717) is 0 Å². The van der Waals surface area contributed by atoms with Crippen LogP contribution in [-0.4, -0.2) is 9.78 Å². The summed E-state index contributed by atoms with van der Waals surface area (Å²) in [5, 5.41) is 6.63. The Hall–Kier alpha value is -3.68. The topological polar surface area (TPSA) is 34.9 Å². The lowest BCUT2D eigenvalue weighted by Crippen LogP contribution is -2.29. The van der Waals surface area contributed by atoms with Crippen LogP contribution in [0.3, 0.4) is 0 Å². The van der Waals surface area contributed by atoms with Crippen molar-refractivity contribution in [1.82, 2.24) is 9.78 Å². The largest absolute Gasteiger partial charge is 0.313 e. The lowest BCUT2D eigenvalue weighted by Gasteiger charge is -2.36. The molecule has 3 nitrogen and oxygen atoms in total. The molecule has 0 bridgehead atoms. The second kappa shape index (κ2) is 9.90. The van der Waals surface area contributed by atoms with E-state index in [0.717, 1.165) is 33.1 Å². The highest BCUT2D eigenvalue weighted by atomic mass is 31.2. The number of benzene rings is 4. The molecular formula is C31H29N2OP. The van der Waals surface area contributed by atoms with Gasteiger partial charge in [-0.15, -0.1) is 0 Å². The first-order valence-electron chi connectivity index (χ1n) is 11.9. The zero-order chi connectivity index (χ0) is 24.3. The molecule has 0 saturated heterocycles. The van der Waals surface area contributed by atoms with Gasteiger partial charge in [0.05, 0.1) is 17.4 Å². The predicted octanol–water partition coefficient (Wildman–Crippen LogP) is 6.84. The van der Waals surface area contributed by atoms with Crippen molar-refractivity contribution in [2.24, 2.45) is 0 Å². The highest BCUT2D eigenvalue weighted by Gasteiger charge is 2.44. The van der Waals surface area contributed by atoms with Gasteiger partial charge in [-0.3, -0.25) is 4.68 Å². The van der Waals surface area contributed by atoms with Crippen molar-refractivity contribution in [3.05, 3.63) is 150 Å². The number of hydrogen-bond acceptors (Lipinski definition) is 2. The Kier molecular flexibility index (Phi) is 6.53. The molecule has 0 saturated carbocycles. The van der Waals surface area contributed by atoms with Crippen LogP contribution in [0.4, 0.5) is 0 Å². The maximum atomic E-state index is 15.8. The molecule has 174 valence electrons. The fourth-order valence-electron chi connectivity index (χ4n) is 5.05. The van der Waals surface area contributed by atoms with E-state index < -0.39 is 7.14 Å². The molecular weight excluding hydrogens is 447 g/mol. The molecule has 35 heavy (non-hydrogen) atoms. The Morgan fingerprint density at radius 3 is 1.49 bits per heavy atom. The molecule has 0 amide bonds. The zero-order valence-corrected chi connectivity index (χ0v) is 20.9. The molecule has 5 rings (SSSR count). The van der Waals surface area contributed by atoms with E-state index in [9.17, 15) is 0 Å². The van der Waals surface area contributed by atoms with Crippen LogP contribution in [0.15, 0.2) is 127 Å². The van der Waals surface area contributed by atoms with Crippen molar-refractivity contribution in [2.75, 3.05) is 0 Å². The summed E-state index contributed by atoms with van der Waals surface area (Å²) in [6, 6.07) is 42.4. The highest BCUT2D eigenvalue weighted by molar-refractivity contribution is 7.79. The molecule has 2 unspecified atom stereocenters. The van der Waals surface area contributed by atoms with Gasteiger partial charge in [-0.1, -0.05) is 121 Å². The van der Waals surface area contributed by atoms with Gasteiger partial charge in [0.1, 0.15) is 0 Å². The smallest absolute Gasteiger partial charge is 0.152 e. The van der Waals surface area contributed by atoms with Gasteiger partial charge in [-0.25, -0.2) is 0 Å². The normalized spacial score (nSPS) is 13.3. The van der Waals surface area contributed by atoms with Gasteiger partial charge in [0.2, 0.25) is 0 Å². The molecule has 4 heteroatoms. The summed E-state index contributed by atoms with van der Waals surface area (Å²) in [7, 11) is -3.21. The second-order valence-corrected chi connectivity index (χ2v) is 11.8. The van der Waals surface area contributed by atoms with Crippen LogP contribution in [0.1, 0.15) is 34.2 Å². The van der Waals surface area contributed by atoms with E-state index in [1.165, 1.54) is 0 Å². The van der Waals surface area contributed by atoms with E-state index in [-0.39, 0.29) is 11.7 Å². The molecule has 0 fully saturated rings. The zero-order valence-electron chi connectivity index (χ0n) is 20.0. The van der Waals surface area contributed by atoms with Gasteiger partial charge >= 0.3 is 0 Å². The molecule has 0 aliphatic heterocycles. The summed E-state index contributed by atoms with van der Waals surface area (Å²) >= 11 is 0. The van der Waals surface area contributed by atoms with E-state index >= 15 is 4.57 Å². The van der Waals surface area contributed by atoms with Gasteiger partial charge in [-0.2, -0.15) is 5.10 Å². The third kappa shape index (κ3) is 4.40. The summed E-state index contributed by atoms with van der Waals surface area (Å²) in [5.74, 6) is 0. The van der Waals surface area contributed by atoms with Crippen LogP contribution in [0, 0.1) is 13.8 Å². The first kappa shape index (κ1) is 23.1. The number of aryl methyl sites for hydroxylation is 2. The Morgan fingerprint density at radius 2 is 1.06 bits per heavy atom. The van der Waals surface area contributed by atoms with E-state index in [2.05, 4.69) is 41.9 Å². The molecule has 0 spiro atoms. The Morgan fingerprint density at radius 1 is 0.629 bits per heavy atom. The number of hydrogen-bond donors (Lipinski definition) is 0. The van der Waals surface area contributed by atoms with E-state index in [1.54, 1.807) is 0 Å². The minimum absolute atomic E-state index is 0.265. The van der Waals surface area contributed by atoms with Crippen LogP contribution in [0.25, 0.3) is 0 Å². The Bertz CT molecular complexity index is 1390. The monoisotopic (exact) mass is 476 g/mol. The molecule has 0 radical (unpaired) electrons. The average molecular weight is 477 g/mol. The molecule has 0 aliphatic carbocycles. The Balaban J connectivity index is 1.88. The minimum atomic E-state index is -3.21. The van der Waals surface area contributed by atoms with Gasteiger partial charge in [0.25, 0.3) is 0 Å². The first-order valence-corrected chi connectivity index (χ1v) is 13.7. The van der Waals surface area contributed by atoms with Crippen LogP contribution in [0.2, 0.25) is 0 Å². The van der Waals surface area contributed by atoms with Gasteiger partial charge in [0.15, 0.2) is 7.14 Å².